The number of aliphatic hydroxyl groups excluding tert-OH is 4. The van der Waals surface area contributed by atoms with E-state index in [0.29, 0.717) is 5.75 Å². The molecule has 0 aliphatic carbocycles. The summed E-state index contributed by atoms with van der Waals surface area (Å²) in [4.78, 5) is 0. The lowest BCUT2D eigenvalue weighted by Crippen LogP contribution is -2.58. The summed E-state index contributed by atoms with van der Waals surface area (Å²) in [5.74, 6) is 0.556. The largest absolute Gasteiger partial charge is 0.491 e. The highest BCUT2D eigenvalue weighted by Gasteiger charge is 2.43. The molecule has 1 saturated heterocycles. The van der Waals surface area contributed by atoms with E-state index in [2.05, 4.69) is 15.9 Å². The molecule has 1 fully saturated rings. The summed E-state index contributed by atoms with van der Waals surface area (Å²) in [5.41, 5.74) is 0. The lowest BCUT2D eigenvalue weighted by molar-refractivity contribution is -0.285. The van der Waals surface area contributed by atoms with Gasteiger partial charge in [-0.15, -0.1) is 0 Å². The van der Waals surface area contributed by atoms with Crippen LogP contribution in [0.5, 0.6) is 5.75 Å². The van der Waals surface area contributed by atoms with E-state index in [9.17, 15) is 20.4 Å². The quantitative estimate of drug-likeness (QED) is 0.602. The van der Waals surface area contributed by atoms with Crippen LogP contribution in [0.1, 0.15) is 0 Å². The van der Waals surface area contributed by atoms with E-state index in [0.717, 1.165) is 4.47 Å². The van der Waals surface area contributed by atoms with Crippen LogP contribution >= 0.6 is 15.9 Å². The Hall–Kier alpha value is -0.700. The van der Waals surface area contributed by atoms with E-state index in [1.807, 2.05) is 6.07 Å². The molecule has 19 heavy (non-hydrogen) atoms. The second-order valence-corrected chi connectivity index (χ2v) is 5.22. The molecule has 2 rings (SSSR count). The summed E-state index contributed by atoms with van der Waals surface area (Å²) >= 11 is 3.29. The molecule has 0 bridgehead atoms. The molecule has 0 amide bonds. The number of ether oxygens (including phenoxy) is 2. The molecule has 0 spiro atoms. The van der Waals surface area contributed by atoms with Crippen LogP contribution in [-0.2, 0) is 4.74 Å². The number of hydrogen-bond donors (Lipinski definition) is 4. The van der Waals surface area contributed by atoms with Crippen molar-refractivity contribution in [1.82, 2.24) is 0 Å². The fourth-order valence-corrected chi connectivity index (χ4v) is 2.18. The number of benzene rings is 1. The minimum Gasteiger partial charge on any atom is -0.491 e. The molecule has 5 atom stereocenters. The highest BCUT2D eigenvalue weighted by Crippen LogP contribution is 2.22. The standard InChI is InChI=1S/C12H15BrO6/c13-6-2-1-3-7(4-6)18-5-8-9(14)10(15)11(16)12(17)19-8/h1-4,8-12,14-17H,5H2/t8-,9-,10+,11-,12+/m1/s1. The first kappa shape index (κ1) is 14.7. The van der Waals surface area contributed by atoms with Gasteiger partial charge < -0.3 is 29.9 Å². The first-order chi connectivity index (χ1) is 8.99. The van der Waals surface area contributed by atoms with Crippen molar-refractivity contribution < 1.29 is 29.9 Å². The smallest absolute Gasteiger partial charge is 0.184 e. The third-order valence-corrected chi connectivity index (χ3v) is 3.39. The molecule has 4 N–H and O–H groups in total. The highest BCUT2D eigenvalue weighted by atomic mass is 79.9. The third-order valence-electron chi connectivity index (χ3n) is 2.90. The number of hydrogen-bond acceptors (Lipinski definition) is 6. The summed E-state index contributed by atoms with van der Waals surface area (Å²) in [6.07, 6.45) is -6.80. The number of rotatable bonds is 3. The van der Waals surface area contributed by atoms with Crippen LogP contribution in [0.3, 0.4) is 0 Å². The molecule has 0 unspecified atom stereocenters. The normalized spacial score (nSPS) is 35.1. The maximum absolute atomic E-state index is 9.72. The summed E-state index contributed by atoms with van der Waals surface area (Å²) in [5, 5.41) is 37.9. The Morgan fingerprint density at radius 1 is 1.11 bits per heavy atom. The molecule has 1 heterocycles. The molecule has 7 heteroatoms. The molecule has 1 aliphatic rings. The van der Waals surface area contributed by atoms with Gasteiger partial charge in [-0.25, -0.2) is 0 Å². The first-order valence-corrected chi connectivity index (χ1v) is 6.54. The predicted molar refractivity (Wildman–Crippen MR) is 68.5 cm³/mol. The lowest BCUT2D eigenvalue weighted by Gasteiger charge is -2.38. The zero-order valence-electron chi connectivity index (χ0n) is 9.89. The van der Waals surface area contributed by atoms with Gasteiger partial charge in [0.1, 0.15) is 36.8 Å². The molecular formula is C12H15BrO6. The first-order valence-electron chi connectivity index (χ1n) is 5.75. The Bertz CT molecular complexity index is 428. The maximum Gasteiger partial charge on any atom is 0.184 e. The molecule has 0 aromatic heterocycles. The Kier molecular flexibility index (Phi) is 4.77. The van der Waals surface area contributed by atoms with Crippen molar-refractivity contribution in [1.29, 1.82) is 0 Å². The van der Waals surface area contributed by atoms with E-state index in [1.54, 1.807) is 18.2 Å². The van der Waals surface area contributed by atoms with Gasteiger partial charge in [-0.05, 0) is 18.2 Å². The van der Waals surface area contributed by atoms with Crippen LogP contribution in [0.4, 0.5) is 0 Å². The fourth-order valence-electron chi connectivity index (χ4n) is 1.80. The molecule has 0 radical (unpaired) electrons. The second kappa shape index (κ2) is 6.17. The minimum absolute atomic E-state index is 0.0571. The zero-order chi connectivity index (χ0) is 14.0. The molecule has 1 aliphatic heterocycles. The predicted octanol–water partition coefficient (Wildman–Crippen LogP) is -0.372. The van der Waals surface area contributed by atoms with Crippen molar-refractivity contribution in [2.75, 3.05) is 6.61 Å². The van der Waals surface area contributed by atoms with Gasteiger partial charge in [0.05, 0.1) is 0 Å². The molecule has 1 aromatic carbocycles. The van der Waals surface area contributed by atoms with E-state index < -0.39 is 30.7 Å². The van der Waals surface area contributed by atoms with Gasteiger partial charge in [0.25, 0.3) is 0 Å². The Morgan fingerprint density at radius 2 is 1.84 bits per heavy atom. The summed E-state index contributed by atoms with van der Waals surface area (Å²) in [6, 6.07) is 7.08. The van der Waals surface area contributed by atoms with Gasteiger partial charge in [0, 0.05) is 4.47 Å². The van der Waals surface area contributed by atoms with Crippen molar-refractivity contribution >= 4 is 15.9 Å². The van der Waals surface area contributed by atoms with E-state index in [1.165, 1.54) is 0 Å². The maximum atomic E-state index is 9.72. The van der Waals surface area contributed by atoms with Crippen LogP contribution < -0.4 is 4.74 Å². The molecule has 6 nitrogen and oxygen atoms in total. The lowest BCUT2D eigenvalue weighted by atomic mass is 9.99. The van der Waals surface area contributed by atoms with Crippen molar-refractivity contribution in [2.45, 2.75) is 30.7 Å². The molecule has 0 saturated carbocycles. The van der Waals surface area contributed by atoms with Crippen molar-refractivity contribution in [3.05, 3.63) is 28.7 Å². The molecule has 1 aromatic rings. The van der Waals surface area contributed by atoms with Gasteiger partial charge in [-0.2, -0.15) is 0 Å². The Labute approximate surface area is 118 Å². The average Bonchev–Trinajstić information content (AvgIpc) is 2.39. The van der Waals surface area contributed by atoms with Gasteiger partial charge in [-0.1, -0.05) is 22.0 Å². The number of aliphatic hydroxyl groups is 4. The topological polar surface area (TPSA) is 99.4 Å². The van der Waals surface area contributed by atoms with Crippen LogP contribution in [0.2, 0.25) is 0 Å². The van der Waals surface area contributed by atoms with Gasteiger partial charge in [0.2, 0.25) is 0 Å². The van der Waals surface area contributed by atoms with Crippen LogP contribution in [-0.4, -0.2) is 57.7 Å². The highest BCUT2D eigenvalue weighted by molar-refractivity contribution is 9.10. The SMILES string of the molecule is O[C@@H]1[C@@H](O)[C@@H](O)O[C@H](COc2cccc(Br)c2)[C@H]1O. The summed E-state index contributed by atoms with van der Waals surface area (Å²) in [6.45, 7) is -0.0571. The Morgan fingerprint density at radius 3 is 2.53 bits per heavy atom. The van der Waals surface area contributed by atoms with Crippen molar-refractivity contribution in [3.63, 3.8) is 0 Å². The van der Waals surface area contributed by atoms with Gasteiger partial charge in [-0.3, -0.25) is 0 Å². The van der Waals surface area contributed by atoms with Crippen molar-refractivity contribution in [2.24, 2.45) is 0 Å². The molecular weight excluding hydrogens is 320 g/mol. The zero-order valence-corrected chi connectivity index (χ0v) is 11.5. The second-order valence-electron chi connectivity index (χ2n) is 4.31. The van der Waals surface area contributed by atoms with Gasteiger partial charge in [0.15, 0.2) is 6.29 Å². The summed E-state index contributed by atoms with van der Waals surface area (Å²) < 4.78 is 11.2. The fraction of sp³-hybridized carbons (Fsp3) is 0.500. The van der Waals surface area contributed by atoms with Gasteiger partial charge >= 0.3 is 0 Å². The van der Waals surface area contributed by atoms with E-state index in [4.69, 9.17) is 9.47 Å². The van der Waals surface area contributed by atoms with Crippen LogP contribution in [0, 0.1) is 0 Å². The minimum atomic E-state index is -1.55. The monoisotopic (exact) mass is 334 g/mol. The molecule has 106 valence electrons. The third kappa shape index (κ3) is 3.44. The Balaban J connectivity index is 1.95. The van der Waals surface area contributed by atoms with Crippen LogP contribution in [0.25, 0.3) is 0 Å². The van der Waals surface area contributed by atoms with Crippen molar-refractivity contribution in [3.8, 4) is 5.75 Å². The number of halogens is 1. The summed E-state index contributed by atoms with van der Waals surface area (Å²) in [7, 11) is 0. The van der Waals surface area contributed by atoms with E-state index in [-0.39, 0.29) is 6.61 Å². The van der Waals surface area contributed by atoms with E-state index >= 15 is 0 Å². The average molecular weight is 335 g/mol. The van der Waals surface area contributed by atoms with Crippen LogP contribution in [0.15, 0.2) is 28.7 Å².